The molecule has 0 unspecified atom stereocenters. The molecule has 0 aliphatic rings. The third-order valence-corrected chi connectivity index (χ3v) is 3.32. The zero-order valence-electron chi connectivity index (χ0n) is 12.0. The Morgan fingerprint density at radius 1 is 1.37 bits per heavy atom. The SMILES string of the molecule is CC(C)N(CCNC(=O)c1cnccc1Cl)C(C)C. The van der Waals surface area contributed by atoms with Crippen LogP contribution in [0.2, 0.25) is 5.02 Å². The number of hydrogen-bond acceptors (Lipinski definition) is 3. The third kappa shape index (κ3) is 4.80. The molecule has 0 fully saturated rings. The summed E-state index contributed by atoms with van der Waals surface area (Å²) in [5.41, 5.74) is 0.421. The largest absolute Gasteiger partial charge is 0.351 e. The van der Waals surface area contributed by atoms with E-state index < -0.39 is 0 Å². The van der Waals surface area contributed by atoms with Crippen LogP contribution in [0, 0.1) is 0 Å². The molecule has 0 saturated heterocycles. The number of nitrogens with zero attached hydrogens (tertiary/aromatic N) is 2. The van der Waals surface area contributed by atoms with E-state index in [2.05, 4.69) is 42.9 Å². The Balaban J connectivity index is 2.49. The van der Waals surface area contributed by atoms with Gasteiger partial charge in [0.05, 0.1) is 10.6 Å². The van der Waals surface area contributed by atoms with Gasteiger partial charge in [-0.25, -0.2) is 0 Å². The minimum absolute atomic E-state index is 0.175. The van der Waals surface area contributed by atoms with Gasteiger partial charge in [-0.15, -0.1) is 0 Å². The summed E-state index contributed by atoms with van der Waals surface area (Å²) >= 11 is 5.95. The van der Waals surface area contributed by atoms with E-state index in [1.54, 1.807) is 12.3 Å². The van der Waals surface area contributed by atoms with E-state index in [-0.39, 0.29) is 5.91 Å². The summed E-state index contributed by atoms with van der Waals surface area (Å²) in [6.45, 7) is 10.0. The number of carbonyl (C=O) groups excluding carboxylic acids is 1. The van der Waals surface area contributed by atoms with Crippen LogP contribution in [0.25, 0.3) is 0 Å². The molecule has 0 atom stereocenters. The molecule has 1 aromatic heterocycles. The number of halogens is 1. The van der Waals surface area contributed by atoms with E-state index in [0.29, 0.717) is 29.2 Å². The minimum Gasteiger partial charge on any atom is -0.351 e. The van der Waals surface area contributed by atoms with Gasteiger partial charge in [0, 0.05) is 37.6 Å². The number of aromatic nitrogens is 1. The van der Waals surface area contributed by atoms with Crippen LogP contribution in [-0.2, 0) is 0 Å². The molecular weight excluding hydrogens is 262 g/mol. The zero-order chi connectivity index (χ0) is 14.4. The second kappa shape index (κ2) is 7.46. The van der Waals surface area contributed by atoms with Gasteiger partial charge in [0.1, 0.15) is 0 Å². The molecule has 106 valence electrons. The minimum atomic E-state index is -0.175. The van der Waals surface area contributed by atoms with Gasteiger partial charge in [-0.2, -0.15) is 0 Å². The van der Waals surface area contributed by atoms with Crippen molar-refractivity contribution in [2.75, 3.05) is 13.1 Å². The Kier molecular flexibility index (Phi) is 6.25. The van der Waals surface area contributed by atoms with Gasteiger partial charge in [-0.1, -0.05) is 11.6 Å². The molecule has 0 aliphatic carbocycles. The predicted molar refractivity (Wildman–Crippen MR) is 78.6 cm³/mol. The van der Waals surface area contributed by atoms with Crippen LogP contribution in [-0.4, -0.2) is 41.0 Å². The summed E-state index contributed by atoms with van der Waals surface area (Å²) in [6.07, 6.45) is 3.05. The first-order valence-electron chi connectivity index (χ1n) is 6.57. The quantitative estimate of drug-likeness (QED) is 0.873. The smallest absolute Gasteiger partial charge is 0.254 e. The van der Waals surface area contributed by atoms with Crippen LogP contribution < -0.4 is 5.32 Å². The number of hydrogen-bond donors (Lipinski definition) is 1. The van der Waals surface area contributed by atoms with E-state index in [0.717, 1.165) is 6.54 Å². The van der Waals surface area contributed by atoms with Gasteiger partial charge in [-0.3, -0.25) is 14.7 Å². The number of nitrogens with one attached hydrogen (secondary N) is 1. The highest BCUT2D eigenvalue weighted by atomic mass is 35.5. The van der Waals surface area contributed by atoms with Crippen LogP contribution in [0.1, 0.15) is 38.1 Å². The van der Waals surface area contributed by atoms with E-state index in [4.69, 9.17) is 11.6 Å². The van der Waals surface area contributed by atoms with E-state index in [9.17, 15) is 4.79 Å². The van der Waals surface area contributed by atoms with Crippen LogP contribution in [0.4, 0.5) is 0 Å². The lowest BCUT2D eigenvalue weighted by molar-refractivity contribution is 0.0939. The molecule has 0 bridgehead atoms. The summed E-state index contributed by atoms with van der Waals surface area (Å²) in [5.74, 6) is -0.175. The molecule has 0 spiro atoms. The van der Waals surface area contributed by atoms with Crippen molar-refractivity contribution >= 4 is 17.5 Å². The lowest BCUT2D eigenvalue weighted by atomic mass is 10.2. The summed E-state index contributed by atoms with van der Waals surface area (Å²) in [4.78, 5) is 18.2. The average molecular weight is 284 g/mol. The molecule has 0 radical (unpaired) electrons. The third-order valence-electron chi connectivity index (χ3n) is 2.99. The predicted octanol–water partition coefficient (Wildman–Crippen LogP) is 2.58. The van der Waals surface area contributed by atoms with Crippen molar-refractivity contribution in [3.63, 3.8) is 0 Å². The molecule has 5 heteroatoms. The van der Waals surface area contributed by atoms with Crippen LogP contribution >= 0.6 is 11.6 Å². The fraction of sp³-hybridized carbons (Fsp3) is 0.571. The topological polar surface area (TPSA) is 45.2 Å². The zero-order valence-corrected chi connectivity index (χ0v) is 12.7. The Bertz CT molecular complexity index is 413. The molecule has 4 nitrogen and oxygen atoms in total. The molecule has 1 N–H and O–H groups in total. The standard InChI is InChI=1S/C14H22ClN3O/c1-10(2)18(11(3)4)8-7-17-14(19)12-9-16-6-5-13(12)15/h5-6,9-11H,7-8H2,1-4H3,(H,17,19). The number of pyridine rings is 1. The number of amides is 1. The Morgan fingerprint density at radius 2 is 2.00 bits per heavy atom. The van der Waals surface area contributed by atoms with Crippen molar-refractivity contribution in [1.29, 1.82) is 0 Å². The second-order valence-corrected chi connectivity index (χ2v) is 5.44. The number of carbonyl (C=O) groups is 1. The monoisotopic (exact) mass is 283 g/mol. The maximum absolute atomic E-state index is 11.9. The van der Waals surface area contributed by atoms with Crippen molar-refractivity contribution in [3.8, 4) is 0 Å². The molecule has 1 rings (SSSR count). The highest BCUT2D eigenvalue weighted by Gasteiger charge is 2.14. The molecule has 1 amide bonds. The lowest BCUT2D eigenvalue weighted by Gasteiger charge is -2.30. The number of rotatable bonds is 6. The van der Waals surface area contributed by atoms with E-state index >= 15 is 0 Å². The van der Waals surface area contributed by atoms with Gasteiger partial charge in [0.2, 0.25) is 0 Å². The van der Waals surface area contributed by atoms with Crippen LogP contribution in [0.5, 0.6) is 0 Å². The first-order valence-corrected chi connectivity index (χ1v) is 6.94. The Labute approximate surface area is 120 Å². The normalized spacial score (nSPS) is 11.4. The van der Waals surface area contributed by atoms with Crippen LogP contribution in [0.15, 0.2) is 18.5 Å². The molecule has 1 heterocycles. The van der Waals surface area contributed by atoms with Crippen LogP contribution in [0.3, 0.4) is 0 Å². The first kappa shape index (κ1) is 15.9. The average Bonchev–Trinajstić information content (AvgIpc) is 2.33. The van der Waals surface area contributed by atoms with Crippen molar-refractivity contribution in [1.82, 2.24) is 15.2 Å². The maximum Gasteiger partial charge on any atom is 0.254 e. The van der Waals surface area contributed by atoms with E-state index in [1.165, 1.54) is 6.20 Å². The second-order valence-electron chi connectivity index (χ2n) is 5.04. The highest BCUT2D eigenvalue weighted by Crippen LogP contribution is 2.12. The molecule has 0 aromatic carbocycles. The maximum atomic E-state index is 11.9. The van der Waals surface area contributed by atoms with Crippen molar-refractivity contribution < 1.29 is 4.79 Å². The molecule has 0 saturated carbocycles. The molecule has 19 heavy (non-hydrogen) atoms. The van der Waals surface area contributed by atoms with Crippen molar-refractivity contribution in [3.05, 3.63) is 29.0 Å². The van der Waals surface area contributed by atoms with Gasteiger partial charge in [0.15, 0.2) is 0 Å². The first-order chi connectivity index (χ1) is 8.93. The molecule has 1 aromatic rings. The fourth-order valence-electron chi connectivity index (χ4n) is 2.05. The Morgan fingerprint density at radius 3 is 2.53 bits per heavy atom. The highest BCUT2D eigenvalue weighted by molar-refractivity contribution is 6.33. The van der Waals surface area contributed by atoms with Gasteiger partial charge < -0.3 is 5.32 Å². The fourth-order valence-corrected chi connectivity index (χ4v) is 2.24. The summed E-state index contributed by atoms with van der Waals surface area (Å²) in [6, 6.07) is 2.53. The van der Waals surface area contributed by atoms with Crippen molar-refractivity contribution in [2.45, 2.75) is 39.8 Å². The summed E-state index contributed by atoms with van der Waals surface area (Å²) in [7, 11) is 0. The van der Waals surface area contributed by atoms with Gasteiger partial charge in [0.25, 0.3) is 5.91 Å². The van der Waals surface area contributed by atoms with Gasteiger partial charge in [-0.05, 0) is 33.8 Å². The van der Waals surface area contributed by atoms with Crippen molar-refractivity contribution in [2.24, 2.45) is 0 Å². The molecular formula is C14H22ClN3O. The van der Waals surface area contributed by atoms with Gasteiger partial charge >= 0.3 is 0 Å². The lowest BCUT2D eigenvalue weighted by Crippen LogP contribution is -2.42. The Hall–Kier alpha value is -1.13. The molecule has 0 aliphatic heterocycles. The summed E-state index contributed by atoms with van der Waals surface area (Å²) in [5, 5.41) is 3.30. The van der Waals surface area contributed by atoms with E-state index in [1.807, 2.05) is 0 Å². The summed E-state index contributed by atoms with van der Waals surface area (Å²) < 4.78 is 0.